The Morgan fingerprint density at radius 2 is 1.77 bits per heavy atom. The van der Waals surface area contributed by atoms with Gasteiger partial charge in [-0.2, -0.15) is 13.2 Å². The summed E-state index contributed by atoms with van der Waals surface area (Å²) in [7, 11) is 0.735. The molecule has 1 amide bonds. The molecule has 1 unspecified atom stereocenters. The van der Waals surface area contributed by atoms with Crippen molar-refractivity contribution in [2.75, 3.05) is 44.3 Å². The number of amides is 1. The lowest BCUT2D eigenvalue weighted by molar-refractivity contribution is -0.137. The molecule has 2 aromatic carbocycles. The van der Waals surface area contributed by atoms with Crippen LogP contribution in [0.2, 0.25) is 0 Å². The highest BCUT2D eigenvalue weighted by molar-refractivity contribution is 7.82. The number of nitrogen functional groups attached to an aromatic ring is 1. The number of aromatic nitrogens is 2. The number of benzene rings is 2. The minimum absolute atomic E-state index is 0.0489. The van der Waals surface area contributed by atoms with Crippen LogP contribution in [0.5, 0.6) is 0 Å². The fourth-order valence-corrected chi connectivity index (χ4v) is 4.68. The van der Waals surface area contributed by atoms with Gasteiger partial charge in [-0.15, -0.1) is 0 Å². The summed E-state index contributed by atoms with van der Waals surface area (Å²) in [4.78, 5) is 23.8. The van der Waals surface area contributed by atoms with Crippen LogP contribution in [-0.4, -0.2) is 62.5 Å². The molecule has 0 aliphatic carbocycles. The molecule has 2 heterocycles. The Labute approximate surface area is 202 Å². The summed E-state index contributed by atoms with van der Waals surface area (Å²) in [5.74, 6) is -0.949. The van der Waals surface area contributed by atoms with Gasteiger partial charge in [0.1, 0.15) is 11.0 Å². The highest BCUT2D eigenvalue weighted by Gasteiger charge is 2.30. The van der Waals surface area contributed by atoms with Crippen molar-refractivity contribution >= 4 is 28.4 Å². The second kappa shape index (κ2) is 10.1. The van der Waals surface area contributed by atoms with E-state index in [1.165, 1.54) is 18.3 Å². The van der Waals surface area contributed by atoms with E-state index in [1.54, 1.807) is 24.3 Å². The molecule has 1 aliphatic heterocycles. The number of alkyl halides is 3. The van der Waals surface area contributed by atoms with Gasteiger partial charge in [0.15, 0.2) is 11.5 Å². The van der Waals surface area contributed by atoms with Crippen LogP contribution in [0.25, 0.3) is 11.3 Å². The second-order valence-corrected chi connectivity index (χ2v) is 9.51. The number of piperazine rings is 1. The van der Waals surface area contributed by atoms with Gasteiger partial charge < -0.3 is 16.0 Å². The Bertz CT molecular complexity index is 1240. The molecule has 0 radical (unpaired) electrons. The standard InChI is InChI=1S/C23H23F3N6O2S/c1-31-9-11-32(12-10-31)35(34)18-7-5-15(6-8-18)19-14-28-21(27)20(30-19)22(33)29-17-4-2-3-16(13-17)23(24,25)26/h2-8,13-14H,9-12H2,1H3,(H2,27,28)(H,29,33). The average molecular weight is 505 g/mol. The molecular formula is C23H23F3N6O2S. The first kappa shape index (κ1) is 24.8. The Balaban J connectivity index is 1.51. The van der Waals surface area contributed by atoms with E-state index in [-0.39, 0.29) is 17.2 Å². The molecule has 1 saturated heterocycles. The number of nitrogens with one attached hydrogen (secondary N) is 1. The van der Waals surface area contributed by atoms with Crippen molar-refractivity contribution in [3.8, 4) is 11.3 Å². The molecule has 1 aromatic heterocycles. The number of carbonyl (C=O) groups excluding carboxylic acids is 1. The topological polar surface area (TPSA) is 104 Å². The quantitative estimate of drug-likeness (QED) is 0.553. The van der Waals surface area contributed by atoms with E-state index in [1.807, 2.05) is 11.4 Å². The van der Waals surface area contributed by atoms with Crippen molar-refractivity contribution in [2.45, 2.75) is 11.1 Å². The number of rotatable bonds is 5. The number of anilines is 2. The van der Waals surface area contributed by atoms with Crippen LogP contribution in [0.15, 0.2) is 59.6 Å². The smallest absolute Gasteiger partial charge is 0.382 e. The minimum Gasteiger partial charge on any atom is -0.382 e. The summed E-state index contributed by atoms with van der Waals surface area (Å²) in [6, 6.07) is 11.1. The summed E-state index contributed by atoms with van der Waals surface area (Å²) < 4.78 is 53.6. The zero-order chi connectivity index (χ0) is 25.2. The number of hydrogen-bond acceptors (Lipinski definition) is 6. The number of carbonyl (C=O) groups is 1. The molecular weight excluding hydrogens is 481 g/mol. The van der Waals surface area contributed by atoms with Crippen LogP contribution in [0.1, 0.15) is 16.1 Å². The molecule has 4 rings (SSSR count). The van der Waals surface area contributed by atoms with Gasteiger partial charge in [-0.25, -0.2) is 18.5 Å². The predicted octanol–water partition coefficient (Wildman–Crippen LogP) is 3.27. The normalized spacial score (nSPS) is 16.1. The van der Waals surface area contributed by atoms with E-state index >= 15 is 0 Å². The second-order valence-electron chi connectivity index (χ2n) is 8.03. The number of likely N-dealkylation sites (N-methyl/N-ethyl adjacent to an activating group) is 1. The van der Waals surface area contributed by atoms with E-state index in [2.05, 4.69) is 20.2 Å². The van der Waals surface area contributed by atoms with E-state index in [0.717, 1.165) is 25.2 Å². The minimum atomic E-state index is -4.54. The molecule has 0 bridgehead atoms. The Kier molecular flexibility index (Phi) is 7.15. The number of nitrogens with zero attached hydrogens (tertiary/aromatic N) is 4. The maximum absolute atomic E-state index is 13.0. The molecule has 0 saturated carbocycles. The lowest BCUT2D eigenvalue weighted by Gasteiger charge is -2.31. The third kappa shape index (κ3) is 5.84. The molecule has 0 spiro atoms. The van der Waals surface area contributed by atoms with Gasteiger partial charge in [-0.1, -0.05) is 18.2 Å². The van der Waals surface area contributed by atoms with E-state index in [0.29, 0.717) is 29.2 Å². The van der Waals surface area contributed by atoms with Crippen LogP contribution < -0.4 is 11.1 Å². The van der Waals surface area contributed by atoms with Crippen LogP contribution in [0, 0.1) is 0 Å². The number of nitrogens with two attached hydrogens (primary N) is 1. The molecule has 1 fully saturated rings. The first-order valence-electron chi connectivity index (χ1n) is 10.7. The number of hydrogen-bond donors (Lipinski definition) is 2. The predicted molar refractivity (Wildman–Crippen MR) is 127 cm³/mol. The largest absolute Gasteiger partial charge is 0.416 e. The van der Waals surface area contributed by atoms with Gasteiger partial charge >= 0.3 is 6.18 Å². The molecule has 8 nitrogen and oxygen atoms in total. The molecule has 184 valence electrons. The maximum Gasteiger partial charge on any atom is 0.416 e. The van der Waals surface area contributed by atoms with E-state index < -0.39 is 28.6 Å². The molecule has 3 aromatic rings. The fourth-order valence-electron chi connectivity index (χ4n) is 3.51. The first-order chi connectivity index (χ1) is 16.6. The first-order valence-corrected chi connectivity index (χ1v) is 11.8. The van der Waals surface area contributed by atoms with E-state index in [9.17, 15) is 22.2 Å². The fraction of sp³-hybridized carbons (Fsp3) is 0.261. The highest BCUT2D eigenvalue weighted by Crippen LogP contribution is 2.31. The Hall–Kier alpha value is -3.35. The molecule has 12 heteroatoms. The van der Waals surface area contributed by atoms with Crippen LogP contribution in [0.3, 0.4) is 0 Å². The van der Waals surface area contributed by atoms with Gasteiger partial charge in [0.25, 0.3) is 5.91 Å². The SMILES string of the molecule is CN1CCN(S(=O)c2ccc(-c3cnc(N)c(C(=O)Nc4cccc(C(F)(F)F)c4)n3)cc2)CC1. The third-order valence-corrected chi connectivity index (χ3v) is 7.02. The summed E-state index contributed by atoms with van der Waals surface area (Å²) >= 11 is 0. The zero-order valence-electron chi connectivity index (χ0n) is 18.7. The van der Waals surface area contributed by atoms with Crippen molar-refractivity contribution in [2.24, 2.45) is 0 Å². The van der Waals surface area contributed by atoms with Gasteiger partial charge in [-0.3, -0.25) is 4.79 Å². The van der Waals surface area contributed by atoms with Gasteiger partial charge in [0, 0.05) is 37.4 Å². The molecule has 1 aliphatic rings. The van der Waals surface area contributed by atoms with Crippen molar-refractivity contribution in [3.05, 3.63) is 66.0 Å². The Morgan fingerprint density at radius 3 is 2.43 bits per heavy atom. The summed E-state index contributed by atoms with van der Waals surface area (Å²) in [5, 5.41) is 2.38. The maximum atomic E-state index is 13.0. The zero-order valence-corrected chi connectivity index (χ0v) is 19.6. The van der Waals surface area contributed by atoms with Crippen LogP contribution >= 0.6 is 0 Å². The van der Waals surface area contributed by atoms with Gasteiger partial charge in [0.05, 0.1) is 22.3 Å². The molecule has 1 atom stereocenters. The number of halogens is 3. The summed E-state index contributed by atoms with van der Waals surface area (Å²) in [6.45, 7) is 3.10. The lowest BCUT2D eigenvalue weighted by atomic mass is 10.1. The van der Waals surface area contributed by atoms with Gasteiger partial charge in [-0.05, 0) is 37.4 Å². The van der Waals surface area contributed by atoms with Crippen molar-refractivity contribution in [1.82, 2.24) is 19.2 Å². The molecule has 35 heavy (non-hydrogen) atoms. The summed E-state index contributed by atoms with van der Waals surface area (Å²) in [5.41, 5.74) is 5.61. The van der Waals surface area contributed by atoms with Crippen molar-refractivity contribution in [1.29, 1.82) is 0 Å². The van der Waals surface area contributed by atoms with Crippen molar-refractivity contribution < 1.29 is 22.2 Å². The Morgan fingerprint density at radius 1 is 1.09 bits per heavy atom. The van der Waals surface area contributed by atoms with Crippen molar-refractivity contribution in [3.63, 3.8) is 0 Å². The van der Waals surface area contributed by atoms with Crippen LogP contribution in [-0.2, 0) is 17.2 Å². The van der Waals surface area contributed by atoms with Gasteiger partial charge in [0.2, 0.25) is 0 Å². The van der Waals surface area contributed by atoms with Crippen LogP contribution in [0.4, 0.5) is 24.7 Å². The summed E-state index contributed by atoms with van der Waals surface area (Å²) in [6.07, 6.45) is -3.15. The average Bonchev–Trinajstić information content (AvgIpc) is 2.84. The molecule has 3 N–H and O–H groups in total. The lowest BCUT2D eigenvalue weighted by Crippen LogP contribution is -2.45. The van der Waals surface area contributed by atoms with E-state index in [4.69, 9.17) is 5.73 Å². The monoisotopic (exact) mass is 504 g/mol. The third-order valence-electron chi connectivity index (χ3n) is 5.51. The highest BCUT2D eigenvalue weighted by atomic mass is 32.2.